The SMILES string of the molecule is CC1CC(C)CN(Cc2ccccc2C(=N)N)C1. The summed E-state index contributed by atoms with van der Waals surface area (Å²) in [5, 5.41) is 7.63. The molecule has 3 N–H and O–H groups in total. The van der Waals surface area contributed by atoms with Crippen LogP contribution >= 0.6 is 0 Å². The molecule has 0 amide bonds. The van der Waals surface area contributed by atoms with Crippen LogP contribution in [0.4, 0.5) is 0 Å². The fraction of sp³-hybridized carbons (Fsp3) is 0.533. The normalized spacial score (nSPS) is 25.0. The van der Waals surface area contributed by atoms with Crippen LogP contribution < -0.4 is 5.73 Å². The van der Waals surface area contributed by atoms with Crippen molar-refractivity contribution in [2.75, 3.05) is 13.1 Å². The van der Waals surface area contributed by atoms with Crippen molar-refractivity contribution in [2.24, 2.45) is 17.6 Å². The summed E-state index contributed by atoms with van der Waals surface area (Å²) in [6, 6.07) is 8.00. The second kappa shape index (κ2) is 5.53. The first-order valence-corrected chi connectivity index (χ1v) is 6.71. The van der Waals surface area contributed by atoms with Gasteiger partial charge in [-0.2, -0.15) is 0 Å². The molecule has 1 aromatic rings. The number of piperidine rings is 1. The Morgan fingerprint density at radius 2 is 1.89 bits per heavy atom. The minimum Gasteiger partial charge on any atom is -0.384 e. The Morgan fingerprint density at radius 3 is 2.50 bits per heavy atom. The lowest BCUT2D eigenvalue weighted by atomic mass is 9.91. The Bertz CT molecular complexity index is 418. The minimum atomic E-state index is 0.170. The molecule has 0 aromatic heterocycles. The van der Waals surface area contributed by atoms with E-state index >= 15 is 0 Å². The third kappa shape index (κ3) is 3.10. The maximum Gasteiger partial charge on any atom is 0.123 e. The molecule has 3 heteroatoms. The van der Waals surface area contributed by atoms with E-state index in [0.717, 1.165) is 37.0 Å². The lowest BCUT2D eigenvalue weighted by molar-refractivity contribution is 0.134. The number of hydrogen-bond donors (Lipinski definition) is 2. The molecule has 2 rings (SSSR count). The summed E-state index contributed by atoms with van der Waals surface area (Å²) in [6.07, 6.45) is 1.32. The van der Waals surface area contributed by atoms with Gasteiger partial charge in [-0.1, -0.05) is 38.1 Å². The summed E-state index contributed by atoms with van der Waals surface area (Å²) in [4.78, 5) is 2.49. The highest BCUT2D eigenvalue weighted by molar-refractivity contribution is 5.96. The average Bonchev–Trinajstić information content (AvgIpc) is 2.27. The highest BCUT2D eigenvalue weighted by Crippen LogP contribution is 2.23. The maximum absolute atomic E-state index is 7.63. The van der Waals surface area contributed by atoms with Crippen LogP contribution in [0.15, 0.2) is 24.3 Å². The van der Waals surface area contributed by atoms with Crippen LogP contribution in [0, 0.1) is 17.2 Å². The molecule has 0 radical (unpaired) electrons. The lowest BCUT2D eigenvalue weighted by Crippen LogP contribution is -2.38. The van der Waals surface area contributed by atoms with Gasteiger partial charge >= 0.3 is 0 Å². The van der Waals surface area contributed by atoms with Gasteiger partial charge in [0.05, 0.1) is 0 Å². The topological polar surface area (TPSA) is 53.1 Å². The summed E-state index contributed by atoms with van der Waals surface area (Å²) in [5.41, 5.74) is 7.69. The van der Waals surface area contributed by atoms with Crippen LogP contribution in [0.1, 0.15) is 31.4 Å². The lowest BCUT2D eigenvalue weighted by Gasteiger charge is -2.35. The summed E-state index contributed by atoms with van der Waals surface area (Å²) < 4.78 is 0. The van der Waals surface area contributed by atoms with Gasteiger partial charge in [0.2, 0.25) is 0 Å². The van der Waals surface area contributed by atoms with Crippen LogP contribution in [0.25, 0.3) is 0 Å². The van der Waals surface area contributed by atoms with Crippen LogP contribution in [-0.2, 0) is 6.54 Å². The third-order valence-corrected chi connectivity index (χ3v) is 3.65. The number of rotatable bonds is 3. The molecule has 1 aliphatic heterocycles. The predicted octanol–water partition coefficient (Wildman–Crippen LogP) is 2.45. The van der Waals surface area contributed by atoms with E-state index in [2.05, 4.69) is 24.8 Å². The smallest absolute Gasteiger partial charge is 0.123 e. The first kappa shape index (κ1) is 13.1. The number of amidine groups is 1. The van der Waals surface area contributed by atoms with E-state index in [0.29, 0.717) is 0 Å². The molecule has 1 aromatic carbocycles. The van der Waals surface area contributed by atoms with E-state index in [4.69, 9.17) is 11.1 Å². The van der Waals surface area contributed by atoms with Crippen molar-refractivity contribution >= 4 is 5.84 Å². The van der Waals surface area contributed by atoms with Gasteiger partial charge in [-0.05, 0) is 23.8 Å². The molecule has 0 saturated carbocycles. The van der Waals surface area contributed by atoms with Crippen molar-refractivity contribution in [3.63, 3.8) is 0 Å². The summed E-state index contributed by atoms with van der Waals surface area (Å²) in [5.74, 6) is 1.69. The highest BCUT2D eigenvalue weighted by Gasteiger charge is 2.22. The molecular weight excluding hydrogens is 222 g/mol. The van der Waals surface area contributed by atoms with E-state index in [1.807, 2.05) is 18.2 Å². The Hall–Kier alpha value is -1.35. The predicted molar refractivity (Wildman–Crippen MR) is 75.7 cm³/mol. The fourth-order valence-corrected chi connectivity index (χ4v) is 3.08. The fourth-order valence-electron chi connectivity index (χ4n) is 3.08. The van der Waals surface area contributed by atoms with E-state index in [1.165, 1.54) is 12.0 Å². The number of benzene rings is 1. The van der Waals surface area contributed by atoms with E-state index < -0.39 is 0 Å². The van der Waals surface area contributed by atoms with E-state index in [-0.39, 0.29) is 5.84 Å². The molecule has 1 fully saturated rings. The molecular formula is C15H23N3. The molecule has 1 heterocycles. The first-order valence-electron chi connectivity index (χ1n) is 6.71. The minimum absolute atomic E-state index is 0.170. The molecule has 98 valence electrons. The van der Waals surface area contributed by atoms with Crippen molar-refractivity contribution in [1.29, 1.82) is 5.41 Å². The van der Waals surface area contributed by atoms with E-state index in [1.54, 1.807) is 0 Å². The van der Waals surface area contributed by atoms with Crippen LogP contribution in [0.2, 0.25) is 0 Å². The maximum atomic E-state index is 7.63. The van der Waals surface area contributed by atoms with Crippen LogP contribution in [0.3, 0.4) is 0 Å². The number of hydrogen-bond acceptors (Lipinski definition) is 2. The quantitative estimate of drug-likeness (QED) is 0.635. The van der Waals surface area contributed by atoms with Gasteiger partial charge in [0, 0.05) is 25.2 Å². The van der Waals surface area contributed by atoms with Crippen molar-refractivity contribution in [3.8, 4) is 0 Å². The first-order chi connectivity index (χ1) is 8.56. The Labute approximate surface area is 109 Å². The third-order valence-electron chi connectivity index (χ3n) is 3.65. The number of nitrogens with one attached hydrogen (secondary N) is 1. The zero-order valence-corrected chi connectivity index (χ0v) is 11.3. The van der Waals surface area contributed by atoms with Gasteiger partial charge < -0.3 is 5.73 Å². The molecule has 2 atom stereocenters. The summed E-state index contributed by atoms with van der Waals surface area (Å²) in [7, 11) is 0. The molecule has 1 saturated heterocycles. The zero-order valence-electron chi connectivity index (χ0n) is 11.3. The number of nitrogens with zero attached hydrogens (tertiary/aromatic N) is 1. The molecule has 0 aliphatic carbocycles. The molecule has 0 spiro atoms. The Morgan fingerprint density at radius 1 is 1.28 bits per heavy atom. The average molecular weight is 245 g/mol. The van der Waals surface area contributed by atoms with Gasteiger partial charge in [0.25, 0.3) is 0 Å². The van der Waals surface area contributed by atoms with Crippen molar-refractivity contribution in [1.82, 2.24) is 4.90 Å². The second-order valence-corrected chi connectivity index (χ2v) is 5.71. The van der Waals surface area contributed by atoms with Gasteiger partial charge in [0.15, 0.2) is 0 Å². The number of nitrogen functional groups attached to an aromatic ring is 1. The van der Waals surface area contributed by atoms with Crippen molar-refractivity contribution in [3.05, 3.63) is 35.4 Å². The van der Waals surface area contributed by atoms with Gasteiger partial charge in [-0.25, -0.2) is 0 Å². The van der Waals surface area contributed by atoms with Gasteiger partial charge in [-0.3, -0.25) is 10.3 Å². The molecule has 18 heavy (non-hydrogen) atoms. The van der Waals surface area contributed by atoms with Gasteiger partial charge in [0.1, 0.15) is 5.84 Å². The number of likely N-dealkylation sites (tertiary alicyclic amines) is 1. The van der Waals surface area contributed by atoms with Crippen molar-refractivity contribution in [2.45, 2.75) is 26.8 Å². The van der Waals surface area contributed by atoms with Crippen LogP contribution in [-0.4, -0.2) is 23.8 Å². The van der Waals surface area contributed by atoms with E-state index in [9.17, 15) is 0 Å². The van der Waals surface area contributed by atoms with Gasteiger partial charge in [-0.15, -0.1) is 0 Å². The monoisotopic (exact) mass is 245 g/mol. The summed E-state index contributed by atoms with van der Waals surface area (Å²) in [6.45, 7) is 7.84. The summed E-state index contributed by atoms with van der Waals surface area (Å²) >= 11 is 0. The van der Waals surface area contributed by atoms with Crippen LogP contribution in [0.5, 0.6) is 0 Å². The number of nitrogens with two attached hydrogens (primary N) is 1. The van der Waals surface area contributed by atoms with Crippen molar-refractivity contribution < 1.29 is 0 Å². The molecule has 1 aliphatic rings. The zero-order chi connectivity index (χ0) is 13.1. The molecule has 2 unspecified atom stereocenters. The second-order valence-electron chi connectivity index (χ2n) is 5.71. The highest BCUT2D eigenvalue weighted by atomic mass is 15.1. The standard InChI is InChI=1S/C15H23N3/c1-11-7-12(2)9-18(8-11)10-13-5-3-4-6-14(13)15(16)17/h3-6,11-12H,7-10H2,1-2H3,(H3,16,17). The molecule has 3 nitrogen and oxygen atoms in total. The molecule has 0 bridgehead atoms. The Kier molecular flexibility index (Phi) is 4.02. The Balaban J connectivity index is 2.11. The largest absolute Gasteiger partial charge is 0.384 e.